The highest BCUT2D eigenvalue weighted by molar-refractivity contribution is 5.61. The Kier molecular flexibility index (Phi) is 4.95. The van der Waals surface area contributed by atoms with Crippen LogP contribution in [0.4, 0.5) is 5.69 Å². The summed E-state index contributed by atoms with van der Waals surface area (Å²) < 4.78 is 12.3. The lowest BCUT2D eigenvalue weighted by molar-refractivity contribution is -0.00525. The topological polar surface area (TPSA) is 86.3 Å². The number of hydrogen-bond donors (Lipinski definition) is 0. The number of pyridine rings is 1. The van der Waals surface area contributed by atoms with Gasteiger partial charge in [-0.05, 0) is 32.9 Å². The van der Waals surface area contributed by atoms with Crippen LogP contribution in [-0.4, -0.2) is 45.2 Å². The van der Waals surface area contributed by atoms with E-state index < -0.39 is 0 Å². The van der Waals surface area contributed by atoms with Gasteiger partial charge in [0.15, 0.2) is 0 Å². The van der Waals surface area contributed by atoms with Gasteiger partial charge in [-0.1, -0.05) is 5.16 Å². The molecule has 0 N–H and O–H groups in total. The Morgan fingerprint density at radius 2 is 1.96 bits per heavy atom. The van der Waals surface area contributed by atoms with E-state index in [4.69, 9.17) is 9.26 Å². The van der Waals surface area contributed by atoms with Crippen molar-refractivity contribution in [2.45, 2.75) is 39.5 Å². The van der Waals surface area contributed by atoms with Crippen molar-refractivity contribution in [2.75, 3.05) is 18.0 Å². The summed E-state index contributed by atoms with van der Waals surface area (Å²) in [4.78, 5) is 19.1. The van der Waals surface area contributed by atoms with Crippen LogP contribution in [0.1, 0.15) is 25.1 Å². The molecule has 3 aromatic rings. The Labute approximate surface area is 162 Å². The second-order valence-corrected chi connectivity index (χ2v) is 7.25. The molecule has 4 heterocycles. The number of morpholine rings is 1. The van der Waals surface area contributed by atoms with E-state index >= 15 is 0 Å². The molecule has 0 aliphatic carbocycles. The van der Waals surface area contributed by atoms with Gasteiger partial charge >= 0.3 is 0 Å². The highest BCUT2D eigenvalue weighted by Crippen LogP contribution is 2.22. The van der Waals surface area contributed by atoms with Crippen molar-refractivity contribution in [1.82, 2.24) is 19.9 Å². The SMILES string of the molecule is Cc1ccc(-c2nocc2Cn2ncc(N3C[C@@H](C)O[C@@H](C)C3)cc2=O)cn1. The predicted molar refractivity (Wildman–Crippen MR) is 104 cm³/mol. The van der Waals surface area contributed by atoms with Gasteiger partial charge < -0.3 is 14.2 Å². The van der Waals surface area contributed by atoms with Crippen molar-refractivity contribution in [1.29, 1.82) is 0 Å². The first-order chi connectivity index (χ1) is 13.5. The van der Waals surface area contributed by atoms with Crippen LogP contribution in [0.15, 0.2) is 46.2 Å². The minimum absolute atomic E-state index is 0.119. The fraction of sp³-hybridized carbons (Fsp3) is 0.400. The fourth-order valence-electron chi connectivity index (χ4n) is 3.48. The molecule has 1 aliphatic heterocycles. The summed E-state index contributed by atoms with van der Waals surface area (Å²) in [5, 5.41) is 8.43. The summed E-state index contributed by atoms with van der Waals surface area (Å²) in [6.45, 7) is 7.75. The molecule has 0 bridgehead atoms. The van der Waals surface area contributed by atoms with Gasteiger partial charge in [-0.15, -0.1) is 0 Å². The number of ether oxygens (including phenoxy) is 1. The Hall–Kier alpha value is -3.00. The first-order valence-corrected chi connectivity index (χ1v) is 9.33. The molecule has 0 unspecified atom stereocenters. The van der Waals surface area contributed by atoms with Crippen molar-refractivity contribution in [3.8, 4) is 11.3 Å². The zero-order valence-corrected chi connectivity index (χ0v) is 16.2. The van der Waals surface area contributed by atoms with Gasteiger partial charge in [0.1, 0.15) is 12.0 Å². The number of nitrogens with zero attached hydrogens (tertiary/aromatic N) is 5. The Balaban J connectivity index is 1.56. The van der Waals surface area contributed by atoms with E-state index in [9.17, 15) is 4.79 Å². The average molecular weight is 381 g/mol. The molecular formula is C20H23N5O3. The van der Waals surface area contributed by atoms with Crippen LogP contribution in [-0.2, 0) is 11.3 Å². The van der Waals surface area contributed by atoms with E-state index in [-0.39, 0.29) is 24.3 Å². The molecule has 0 radical (unpaired) electrons. The van der Waals surface area contributed by atoms with Crippen LogP contribution in [0, 0.1) is 6.92 Å². The van der Waals surface area contributed by atoms with Crippen LogP contribution in [0.2, 0.25) is 0 Å². The van der Waals surface area contributed by atoms with E-state index in [0.717, 1.165) is 35.6 Å². The van der Waals surface area contributed by atoms with Crippen LogP contribution < -0.4 is 10.5 Å². The first-order valence-electron chi connectivity index (χ1n) is 9.33. The Morgan fingerprint density at radius 3 is 2.64 bits per heavy atom. The van der Waals surface area contributed by atoms with E-state index in [2.05, 4.69) is 20.1 Å². The van der Waals surface area contributed by atoms with E-state index in [1.54, 1.807) is 24.7 Å². The standard InChI is InChI=1S/C20H23N5O3/c1-13-4-5-16(7-21-13)20-17(12-27-23-20)11-25-19(26)6-18(8-22-25)24-9-14(2)28-15(3)10-24/h4-8,12,14-15H,9-11H2,1-3H3/t14-,15+. The van der Waals surface area contributed by atoms with Crippen molar-refractivity contribution in [3.63, 3.8) is 0 Å². The maximum atomic E-state index is 12.6. The molecule has 0 saturated carbocycles. The summed E-state index contributed by atoms with van der Waals surface area (Å²) in [5.74, 6) is 0. The van der Waals surface area contributed by atoms with E-state index in [1.807, 2.05) is 32.9 Å². The molecule has 146 valence electrons. The lowest BCUT2D eigenvalue weighted by atomic mass is 10.1. The molecular weight excluding hydrogens is 358 g/mol. The summed E-state index contributed by atoms with van der Waals surface area (Å²) >= 11 is 0. The minimum Gasteiger partial charge on any atom is -0.372 e. The van der Waals surface area contributed by atoms with Crippen LogP contribution in [0.25, 0.3) is 11.3 Å². The van der Waals surface area contributed by atoms with Crippen molar-refractivity contribution >= 4 is 5.69 Å². The molecule has 0 spiro atoms. The normalized spacial score (nSPS) is 19.8. The summed E-state index contributed by atoms with van der Waals surface area (Å²) in [6.07, 6.45) is 5.26. The molecule has 28 heavy (non-hydrogen) atoms. The van der Waals surface area contributed by atoms with Gasteiger partial charge in [0, 0.05) is 42.2 Å². The van der Waals surface area contributed by atoms with Crippen LogP contribution in [0.3, 0.4) is 0 Å². The molecule has 2 atom stereocenters. The predicted octanol–water partition coefficient (Wildman–Crippen LogP) is 2.26. The van der Waals surface area contributed by atoms with Gasteiger partial charge in [-0.3, -0.25) is 9.78 Å². The van der Waals surface area contributed by atoms with E-state index in [0.29, 0.717) is 5.69 Å². The van der Waals surface area contributed by atoms with Gasteiger partial charge in [0.25, 0.3) is 5.56 Å². The number of anilines is 1. The van der Waals surface area contributed by atoms with Gasteiger partial charge in [-0.25, -0.2) is 4.68 Å². The lowest BCUT2D eigenvalue weighted by Gasteiger charge is -2.36. The second kappa shape index (κ2) is 7.55. The molecule has 1 saturated heterocycles. The van der Waals surface area contributed by atoms with Crippen LogP contribution >= 0.6 is 0 Å². The third-order valence-electron chi connectivity index (χ3n) is 4.79. The summed E-state index contributed by atoms with van der Waals surface area (Å²) in [6, 6.07) is 5.47. The van der Waals surface area contributed by atoms with Crippen molar-refractivity contribution in [3.05, 3.63) is 58.5 Å². The maximum absolute atomic E-state index is 12.6. The third-order valence-corrected chi connectivity index (χ3v) is 4.79. The Bertz CT molecular complexity index is 1000. The quantitative estimate of drug-likeness (QED) is 0.685. The first kappa shape index (κ1) is 18.4. The number of aryl methyl sites for hydroxylation is 1. The molecule has 1 fully saturated rings. The summed E-state index contributed by atoms with van der Waals surface area (Å²) in [5.41, 5.74) is 3.86. The van der Waals surface area contributed by atoms with Gasteiger partial charge in [0.2, 0.25) is 0 Å². The van der Waals surface area contributed by atoms with Crippen molar-refractivity contribution in [2.24, 2.45) is 0 Å². The summed E-state index contributed by atoms with van der Waals surface area (Å²) in [7, 11) is 0. The lowest BCUT2D eigenvalue weighted by Crippen LogP contribution is -2.46. The largest absolute Gasteiger partial charge is 0.372 e. The molecule has 4 rings (SSSR count). The molecule has 3 aromatic heterocycles. The Morgan fingerprint density at radius 1 is 1.18 bits per heavy atom. The van der Waals surface area contributed by atoms with Crippen molar-refractivity contribution < 1.29 is 9.26 Å². The van der Waals surface area contributed by atoms with Crippen LogP contribution in [0.5, 0.6) is 0 Å². The smallest absolute Gasteiger partial charge is 0.269 e. The monoisotopic (exact) mass is 381 g/mol. The van der Waals surface area contributed by atoms with Gasteiger partial charge in [0.05, 0.1) is 30.6 Å². The van der Waals surface area contributed by atoms with Gasteiger partial charge in [-0.2, -0.15) is 5.10 Å². The molecule has 0 aromatic carbocycles. The average Bonchev–Trinajstić information content (AvgIpc) is 3.11. The highest BCUT2D eigenvalue weighted by atomic mass is 16.5. The number of hydrogen-bond acceptors (Lipinski definition) is 7. The van der Waals surface area contributed by atoms with E-state index in [1.165, 1.54) is 4.68 Å². The molecule has 0 amide bonds. The molecule has 8 nitrogen and oxygen atoms in total. The second-order valence-electron chi connectivity index (χ2n) is 7.25. The molecule has 8 heteroatoms. The zero-order valence-electron chi connectivity index (χ0n) is 16.2. The minimum atomic E-state index is -0.168. The highest BCUT2D eigenvalue weighted by Gasteiger charge is 2.23. The fourth-order valence-corrected chi connectivity index (χ4v) is 3.48. The number of aromatic nitrogens is 4. The molecule has 1 aliphatic rings. The maximum Gasteiger partial charge on any atom is 0.269 e. The number of rotatable bonds is 4. The zero-order chi connectivity index (χ0) is 19.7. The third kappa shape index (κ3) is 3.82.